The van der Waals surface area contributed by atoms with E-state index in [-0.39, 0.29) is 11.8 Å². The fourth-order valence-electron chi connectivity index (χ4n) is 2.90. The Bertz CT molecular complexity index is 742. The molecule has 4 rings (SSSR count). The van der Waals surface area contributed by atoms with Crippen molar-refractivity contribution in [1.29, 1.82) is 0 Å². The van der Waals surface area contributed by atoms with Crippen LogP contribution in [0.15, 0.2) is 18.2 Å². The number of hydrogen-bond donors (Lipinski definition) is 1. The van der Waals surface area contributed by atoms with Crippen LogP contribution in [-0.4, -0.2) is 57.6 Å². The topological polar surface area (TPSA) is 62.5 Å². The van der Waals surface area contributed by atoms with Gasteiger partial charge in [-0.1, -0.05) is 6.07 Å². The van der Waals surface area contributed by atoms with E-state index in [4.69, 9.17) is 0 Å². The molecule has 1 saturated carbocycles. The summed E-state index contributed by atoms with van der Waals surface area (Å²) in [6, 6.07) is 6.03. The van der Waals surface area contributed by atoms with Crippen LogP contribution in [0.5, 0.6) is 0 Å². The molecule has 0 bridgehead atoms. The molecule has 2 aromatic heterocycles. The van der Waals surface area contributed by atoms with E-state index in [1.54, 1.807) is 0 Å². The first-order valence-electron chi connectivity index (χ1n) is 8.12. The van der Waals surface area contributed by atoms with Crippen molar-refractivity contribution < 1.29 is 4.79 Å². The van der Waals surface area contributed by atoms with Crippen LogP contribution in [0.2, 0.25) is 0 Å². The van der Waals surface area contributed by atoms with Crippen molar-refractivity contribution in [3.8, 4) is 0 Å². The van der Waals surface area contributed by atoms with Gasteiger partial charge >= 0.3 is 0 Å². The molecule has 1 amide bonds. The molecule has 0 radical (unpaired) electrons. The highest BCUT2D eigenvalue weighted by atomic mass is 32.3. The van der Waals surface area contributed by atoms with Crippen LogP contribution in [0, 0.1) is 5.92 Å². The maximum atomic E-state index is 11.9. The maximum Gasteiger partial charge on any atom is 0.249 e. The Morgan fingerprint density at radius 2 is 2.00 bits per heavy atom. The molecule has 2 aromatic rings. The average molecular weight is 333 g/mol. The lowest BCUT2D eigenvalue weighted by Gasteiger charge is -2.41. The second-order valence-corrected chi connectivity index (χ2v) is 11.4. The van der Waals surface area contributed by atoms with Crippen molar-refractivity contribution in [3.05, 3.63) is 18.2 Å². The average Bonchev–Trinajstić information content (AvgIpc) is 3.28. The molecule has 0 aromatic carbocycles. The number of hydrogen-bond acceptors (Lipinski definition) is 4. The highest BCUT2D eigenvalue weighted by Gasteiger charge is 2.30. The van der Waals surface area contributed by atoms with Crippen molar-refractivity contribution in [3.63, 3.8) is 0 Å². The van der Waals surface area contributed by atoms with E-state index in [1.165, 1.54) is 11.5 Å². The van der Waals surface area contributed by atoms with Crippen molar-refractivity contribution in [2.75, 3.05) is 47.3 Å². The third kappa shape index (κ3) is 3.02. The Morgan fingerprint density at radius 3 is 2.70 bits per heavy atom. The standard InChI is InChI=1S/C16H23N5OS/c1-23(2)10-8-20(9-11-23)14-5-3-4-13-17-16(19-21(13)14)18-15(22)12-6-7-12/h3-5,12H,6-11H2,1-2H3,(H,18,19,22). The molecule has 0 atom stereocenters. The molecule has 6 nitrogen and oxygen atoms in total. The lowest BCUT2D eigenvalue weighted by Crippen LogP contribution is -2.38. The number of carbonyl (C=O) groups is 1. The predicted octanol–water partition coefficient (Wildman–Crippen LogP) is 1.96. The Balaban J connectivity index is 1.59. The molecule has 1 aliphatic heterocycles. The van der Waals surface area contributed by atoms with E-state index < -0.39 is 10.0 Å². The summed E-state index contributed by atoms with van der Waals surface area (Å²) in [6.07, 6.45) is 6.78. The van der Waals surface area contributed by atoms with Gasteiger partial charge < -0.3 is 4.90 Å². The largest absolute Gasteiger partial charge is 0.355 e. The van der Waals surface area contributed by atoms with Gasteiger partial charge in [-0.05, 0) is 49.0 Å². The molecule has 1 aliphatic carbocycles. The zero-order valence-corrected chi connectivity index (χ0v) is 14.5. The SMILES string of the molecule is CS1(C)CCN(c2cccc3nc(NC(=O)C4CC4)nn23)CC1. The Morgan fingerprint density at radius 1 is 1.26 bits per heavy atom. The highest BCUT2D eigenvalue weighted by Crippen LogP contribution is 2.42. The molecule has 1 saturated heterocycles. The molecule has 7 heteroatoms. The number of fused-ring (bicyclic) bond motifs is 1. The van der Waals surface area contributed by atoms with Gasteiger partial charge in [-0.25, -0.2) is 10.0 Å². The lowest BCUT2D eigenvalue weighted by molar-refractivity contribution is -0.117. The van der Waals surface area contributed by atoms with Crippen molar-refractivity contribution in [2.24, 2.45) is 5.92 Å². The molecule has 1 N–H and O–H groups in total. The fourth-order valence-corrected chi connectivity index (χ4v) is 4.53. The van der Waals surface area contributed by atoms with E-state index in [1.807, 2.05) is 16.6 Å². The molecule has 0 unspecified atom stereocenters. The molecule has 3 heterocycles. The van der Waals surface area contributed by atoms with E-state index in [0.29, 0.717) is 5.95 Å². The molecule has 124 valence electrons. The number of anilines is 2. The monoisotopic (exact) mass is 333 g/mol. The first-order chi connectivity index (χ1) is 11.0. The second-order valence-electron chi connectivity index (χ2n) is 7.02. The van der Waals surface area contributed by atoms with Gasteiger partial charge in [-0.2, -0.15) is 9.50 Å². The van der Waals surface area contributed by atoms with Crippen LogP contribution < -0.4 is 10.2 Å². The number of nitrogens with zero attached hydrogens (tertiary/aromatic N) is 4. The van der Waals surface area contributed by atoms with Gasteiger partial charge in [-0.3, -0.25) is 10.1 Å². The van der Waals surface area contributed by atoms with Crippen LogP contribution in [0.3, 0.4) is 0 Å². The van der Waals surface area contributed by atoms with E-state index >= 15 is 0 Å². The smallest absolute Gasteiger partial charge is 0.249 e. The van der Waals surface area contributed by atoms with Gasteiger partial charge in [0.1, 0.15) is 5.82 Å². The van der Waals surface area contributed by atoms with Crippen LogP contribution in [0.1, 0.15) is 12.8 Å². The summed E-state index contributed by atoms with van der Waals surface area (Å²) in [5.74, 6) is 4.19. The van der Waals surface area contributed by atoms with Crippen LogP contribution >= 0.6 is 10.0 Å². The first kappa shape index (κ1) is 14.8. The van der Waals surface area contributed by atoms with Crippen LogP contribution in [0.25, 0.3) is 5.65 Å². The van der Waals surface area contributed by atoms with Gasteiger partial charge in [0, 0.05) is 19.0 Å². The van der Waals surface area contributed by atoms with Gasteiger partial charge in [-0.15, -0.1) is 5.10 Å². The molecular formula is C16H23N5OS. The minimum Gasteiger partial charge on any atom is -0.355 e. The summed E-state index contributed by atoms with van der Waals surface area (Å²) in [5, 5.41) is 7.35. The maximum absolute atomic E-state index is 11.9. The van der Waals surface area contributed by atoms with E-state index in [0.717, 1.165) is 37.4 Å². The number of nitrogens with one attached hydrogen (secondary N) is 1. The zero-order valence-electron chi connectivity index (χ0n) is 13.7. The summed E-state index contributed by atoms with van der Waals surface area (Å²) in [6.45, 7) is 2.12. The zero-order chi connectivity index (χ0) is 16.0. The van der Waals surface area contributed by atoms with Gasteiger partial charge in [0.25, 0.3) is 0 Å². The van der Waals surface area contributed by atoms with Gasteiger partial charge in [0.05, 0.1) is 0 Å². The lowest BCUT2D eigenvalue weighted by atomic mass is 10.4. The number of carbonyl (C=O) groups excluding carboxylic acids is 1. The summed E-state index contributed by atoms with van der Waals surface area (Å²) in [5.41, 5.74) is 0.783. The van der Waals surface area contributed by atoms with Crippen molar-refractivity contribution in [1.82, 2.24) is 14.6 Å². The van der Waals surface area contributed by atoms with Crippen molar-refractivity contribution in [2.45, 2.75) is 12.8 Å². The number of amides is 1. The number of pyridine rings is 1. The molecule has 0 spiro atoms. The summed E-state index contributed by atoms with van der Waals surface area (Å²) in [4.78, 5) is 18.7. The summed E-state index contributed by atoms with van der Waals surface area (Å²) >= 11 is 0. The van der Waals surface area contributed by atoms with E-state index in [2.05, 4.69) is 38.9 Å². The number of aromatic nitrogens is 3. The summed E-state index contributed by atoms with van der Waals surface area (Å²) < 4.78 is 1.86. The predicted molar refractivity (Wildman–Crippen MR) is 95.7 cm³/mol. The number of rotatable bonds is 3. The summed E-state index contributed by atoms with van der Waals surface area (Å²) in [7, 11) is -0.434. The first-order valence-corrected chi connectivity index (χ1v) is 10.9. The quantitative estimate of drug-likeness (QED) is 0.933. The molecule has 2 fully saturated rings. The highest BCUT2D eigenvalue weighted by molar-refractivity contribution is 8.32. The third-order valence-electron chi connectivity index (χ3n) is 4.67. The third-order valence-corrected chi connectivity index (χ3v) is 7.25. The molecule has 23 heavy (non-hydrogen) atoms. The minimum atomic E-state index is -0.434. The minimum absolute atomic E-state index is 0.0470. The van der Waals surface area contributed by atoms with E-state index in [9.17, 15) is 4.79 Å². The van der Waals surface area contributed by atoms with Crippen molar-refractivity contribution >= 4 is 33.3 Å². The van der Waals surface area contributed by atoms with Gasteiger partial charge in [0.2, 0.25) is 11.9 Å². The Kier molecular flexibility index (Phi) is 3.48. The van der Waals surface area contributed by atoms with Gasteiger partial charge in [0.15, 0.2) is 5.65 Å². The fraction of sp³-hybridized carbons (Fsp3) is 0.562. The molecular weight excluding hydrogens is 310 g/mol. The second kappa shape index (κ2) is 5.40. The molecule has 2 aliphatic rings. The normalized spacial score (nSPS) is 22.1. The Hall–Kier alpha value is -1.76. The van der Waals surface area contributed by atoms with Crippen LogP contribution in [-0.2, 0) is 4.79 Å². The Labute approximate surface area is 137 Å². The van der Waals surface area contributed by atoms with Crippen LogP contribution in [0.4, 0.5) is 11.8 Å².